The lowest BCUT2D eigenvalue weighted by Gasteiger charge is -2.32. The van der Waals surface area contributed by atoms with E-state index in [4.69, 9.17) is 0 Å². The molecule has 18 heavy (non-hydrogen) atoms. The molecule has 2 rings (SSSR count). The van der Waals surface area contributed by atoms with E-state index in [0.717, 1.165) is 0 Å². The predicted octanol–water partition coefficient (Wildman–Crippen LogP) is 0.0838. The molecule has 0 bridgehead atoms. The third-order valence-corrected chi connectivity index (χ3v) is 3.02. The van der Waals surface area contributed by atoms with Gasteiger partial charge in [-0.15, -0.1) is 0 Å². The van der Waals surface area contributed by atoms with Gasteiger partial charge in [0.15, 0.2) is 0 Å². The molecule has 6 heteroatoms. The first-order chi connectivity index (χ1) is 8.63. The highest BCUT2D eigenvalue weighted by molar-refractivity contribution is 5.98. The second-order valence-electron chi connectivity index (χ2n) is 4.15. The second-order valence-corrected chi connectivity index (χ2v) is 4.15. The number of aromatic nitrogens is 1. The Hall–Kier alpha value is -2.11. The van der Waals surface area contributed by atoms with Gasteiger partial charge in [-0.05, 0) is 19.1 Å². The van der Waals surface area contributed by atoms with Gasteiger partial charge in [-0.2, -0.15) is 0 Å². The van der Waals surface area contributed by atoms with Crippen molar-refractivity contribution in [1.29, 1.82) is 0 Å². The average molecular weight is 248 g/mol. The first kappa shape index (κ1) is 12.3. The lowest BCUT2D eigenvalue weighted by atomic mass is 10.1. The van der Waals surface area contributed by atoms with Crippen LogP contribution in [0.3, 0.4) is 0 Å². The van der Waals surface area contributed by atoms with Crippen molar-refractivity contribution < 1.29 is 9.59 Å². The number of carbonyl (C=O) groups excluding carboxylic acids is 2. The molecule has 0 saturated carbocycles. The van der Waals surface area contributed by atoms with Crippen LogP contribution < -0.4 is 10.6 Å². The van der Waals surface area contributed by atoms with E-state index in [9.17, 15) is 9.59 Å². The molecule has 0 aromatic carbocycles. The Kier molecular flexibility index (Phi) is 3.45. The Labute approximate surface area is 105 Å². The minimum atomic E-state index is -0.433. The van der Waals surface area contributed by atoms with Crippen LogP contribution in [0, 0.1) is 0 Å². The summed E-state index contributed by atoms with van der Waals surface area (Å²) in [6.45, 7) is 2.76. The summed E-state index contributed by atoms with van der Waals surface area (Å²) in [6.07, 6.45) is 1.58. The monoisotopic (exact) mass is 248 g/mol. The number of piperazine rings is 1. The second kappa shape index (κ2) is 5.03. The SMILES string of the molecule is CNc1cc(C(=O)N2CCNC(=O)C2C)ccn1. The molecular formula is C12H16N4O2. The molecule has 2 N–H and O–H groups in total. The van der Waals surface area contributed by atoms with Crippen LogP contribution in [0.1, 0.15) is 17.3 Å². The van der Waals surface area contributed by atoms with Crippen molar-refractivity contribution in [2.24, 2.45) is 0 Å². The number of carbonyl (C=O) groups is 2. The Morgan fingerprint density at radius 3 is 3.11 bits per heavy atom. The summed E-state index contributed by atoms with van der Waals surface area (Å²) in [4.78, 5) is 29.5. The van der Waals surface area contributed by atoms with Crippen LogP contribution >= 0.6 is 0 Å². The average Bonchev–Trinajstić information content (AvgIpc) is 2.41. The van der Waals surface area contributed by atoms with Crippen molar-refractivity contribution in [1.82, 2.24) is 15.2 Å². The van der Waals surface area contributed by atoms with Crippen molar-refractivity contribution in [3.63, 3.8) is 0 Å². The van der Waals surface area contributed by atoms with E-state index >= 15 is 0 Å². The Morgan fingerprint density at radius 1 is 1.61 bits per heavy atom. The van der Waals surface area contributed by atoms with Gasteiger partial charge >= 0.3 is 0 Å². The molecule has 2 heterocycles. The number of amides is 2. The number of pyridine rings is 1. The van der Waals surface area contributed by atoms with E-state index < -0.39 is 6.04 Å². The number of nitrogens with one attached hydrogen (secondary N) is 2. The number of hydrogen-bond acceptors (Lipinski definition) is 4. The Bertz CT molecular complexity index is 475. The molecule has 1 aliphatic rings. The molecule has 96 valence electrons. The molecule has 6 nitrogen and oxygen atoms in total. The fourth-order valence-corrected chi connectivity index (χ4v) is 1.93. The minimum Gasteiger partial charge on any atom is -0.373 e. The maximum atomic E-state index is 12.3. The summed E-state index contributed by atoms with van der Waals surface area (Å²) >= 11 is 0. The van der Waals surface area contributed by atoms with Crippen LogP contribution in [0.2, 0.25) is 0 Å². The highest BCUT2D eigenvalue weighted by atomic mass is 16.2. The fraction of sp³-hybridized carbons (Fsp3) is 0.417. The van der Waals surface area contributed by atoms with E-state index in [1.165, 1.54) is 0 Å². The number of hydrogen-bond donors (Lipinski definition) is 2. The molecular weight excluding hydrogens is 232 g/mol. The summed E-state index contributed by atoms with van der Waals surface area (Å²) in [5.41, 5.74) is 0.538. The molecule has 1 fully saturated rings. The van der Waals surface area contributed by atoms with Gasteiger partial charge < -0.3 is 15.5 Å². The van der Waals surface area contributed by atoms with Gasteiger partial charge in [0, 0.05) is 31.9 Å². The summed E-state index contributed by atoms with van der Waals surface area (Å²) in [5, 5.41) is 5.62. The van der Waals surface area contributed by atoms with E-state index in [2.05, 4.69) is 15.6 Å². The molecule has 0 radical (unpaired) electrons. The van der Waals surface area contributed by atoms with Crippen molar-refractivity contribution in [2.45, 2.75) is 13.0 Å². The molecule has 0 spiro atoms. The first-order valence-electron chi connectivity index (χ1n) is 5.86. The molecule has 1 aliphatic heterocycles. The quantitative estimate of drug-likeness (QED) is 0.777. The van der Waals surface area contributed by atoms with Crippen molar-refractivity contribution in [2.75, 3.05) is 25.5 Å². The third kappa shape index (κ3) is 2.27. The summed E-state index contributed by atoms with van der Waals surface area (Å²) in [5.74, 6) is 0.378. The molecule has 1 aromatic rings. The molecule has 0 aliphatic carbocycles. The van der Waals surface area contributed by atoms with Gasteiger partial charge in [-0.3, -0.25) is 9.59 Å². The largest absolute Gasteiger partial charge is 0.373 e. The normalized spacial score (nSPS) is 19.3. The zero-order valence-electron chi connectivity index (χ0n) is 10.4. The van der Waals surface area contributed by atoms with Crippen LogP contribution in [0.5, 0.6) is 0 Å². The van der Waals surface area contributed by atoms with Gasteiger partial charge in [0.05, 0.1) is 0 Å². The molecule has 1 unspecified atom stereocenters. The lowest BCUT2D eigenvalue weighted by Crippen LogP contribution is -2.55. The van der Waals surface area contributed by atoms with Gasteiger partial charge in [0.2, 0.25) is 5.91 Å². The van der Waals surface area contributed by atoms with Crippen LogP contribution in [0.25, 0.3) is 0 Å². The van der Waals surface area contributed by atoms with Crippen molar-refractivity contribution in [3.05, 3.63) is 23.9 Å². The highest BCUT2D eigenvalue weighted by Gasteiger charge is 2.29. The van der Waals surface area contributed by atoms with Gasteiger partial charge in [-0.25, -0.2) is 4.98 Å². The number of anilines is 1. The van der Waals surface area contributed by atoms with Crippen molar-refractivity contribution >= 4 is 17.6 Å². The van der Waals surface area contributed by atoms with Crippen LogP contribution in [-0.4, -0.2) is 47.9 Å². The predicted molar refractivity (Wildman–Crippen MR) is 67.3 cm³/mol. The standard InChI is InChI=1S/C12H16N4O2/c1-8-11(17)15-5-6-16(8)12(18)9-3-4-14-10(7-9)13-2/h3-4,7-8H,5-6H2,1-2H3,(H,13,14)(H,15,17). The number of rotatable bonds is 2. The highest BCUT2D eigenvalue weighted by Crippen LogP contribution is 2.13. The van der Waals surface area contributed by atoms with E-state index in [1.54, 1.807) is 37.2 Å². The van der Waals surface area contributed by atoms with Gasteiger partial charge in [0.25, 0.3) is 5.91 Å². The van der Waals surface area contributed by atoms with E-state index in [1.807, 2.05) is 0 Å². The van der Waals surface area contributed by atoms with Crippen LogP contribution in [0.4, 0.5) is 5.82 Å². The van der Waals surface area contributed by atoms with Crippen LogP contribution in [0.15, 0.2) is 18.3 Å². The summed E-state index contributed by atoms with van der Waals surface area (Å²) in [6, 6.07) is 2.90. The minimum absolute atomic E-state index is 0.113. The van der Waals surface area contributed by atoms with Gasteiger partial charge in [0.1, 0.15) is 11.9 Å². The smallest absolute Gasteiger partial charge is 0.254 e. The molecule has 1 atom stereocenters. The zero-order chi connectivity index (χ0) is 13.1. The van der Waals surface area contributed by atoms with Gasteiger partial charge in [-0.1, -0.05) is 0 Å². The Balaban J connectivity index is 2.22. The summed E-state index contributed by atoms with van der Waals surface area (Å²) < 4.78 is 0. The fourth-order valence-electron chi connectivity index (χ4n) is 1.93. The molecule has 2 amide bonds. The lowest BCUT2D eigenvalue weighted by molar-refractivity contribution is -0.127. The third-order valence-electron chi connectivity index (χ3n) is 3.02. The topological polar surface area (TPSA) is 74.3 Å². The molecule has 1 saturated heterocycles. The number of nitrogens with zero attached hydrogens (tertiary/aromatic N) is 2. The first-order valence-corrected chi connectivity index (χ1v) is 5.86. The molecule has 1 aromatic heterocycles. The maximum absolute atomic E-state index is 12.3. The van der Waals surface area contributed by atoms with Crippen LogP contribution in [-0.2, 0) is 4.79 Å². The Morgan fingerprint density at radius 2 is 2.39 bits per heavy atom. The van der Waals surface area contributed by atoms with Crippen molar-refractivity contribution in [3.8, 4) is 0 Å². The summed E-state index contributed by atoms with van der Waals surface area (Å²) in [7, 11) is 1.74. The van der Waals surface area contributed by atoms with E-state index in [0.29, 0.717) is 24.5 Å². The maximum Gasteiger partial charge on any atom is 0.254 e. The van der Waals surface area contributed by atoms with E-state index in [-0.39, 0.29) is 11.8 Å². The zero-order valence-corrected chi connectivity index (χ0v) is 10.4.